The molecule has 1 unspecified atom stereocenters. The molecule has 150 valence electrons. The molecule has 0 bridgehead atoms. The minimum absolute atomic E-state index is 0.0426. The van der Waals surface area contributed by atoms with Crippen LogP contribution in [0.25, 0.3) is 10.1 Å². The quantitative estimate of drug-likeness (QED) is 0.791. The molecule has 1 aromatic carbocycles. The van der Waals surface area contributed by atoms with Crippen molar-refractivity contribution in [2.75, 3.05) is 32.7 Å². The van der Waals surface area contributed by atoms with Gasteiger partial charge in [-0.3, -0.25) is 14.5 Å². The second kappa shape index (κ2) is 7.79. The number of benzene rings is 1. The Morgan fingerprint density at radius 2 is 1.93 bits per heavy atom. The van der Waals surface area contributed by atoms with Crippen molar-refractivity contribution in [2.24, 2.45) is 0 Å². The summed E-state index contributed by atoms with van der Waals surface area (Å²) < 4.78 is 14.7. The van der Waals surface area contributed by atoms with E-state index in [1.807, 2.05) is 15.9 Å². The summed E-state index contributed by atoms with van der Waals surface area (Å²) in [6.07, 6.45) is 1.92. The smallest absolute Gasteiger partial charge is 0.264 e. The molecule has 1 atom stereocenters. The van der Waals surface area contributed by atoms with E-state index in [9.17, 15) is 14.0 Å². The molecular formula is C21H26FN3O2S. The standard InChI is InChI=1S/C21H26FN3O2S/c1-14(2)25-8-4-6-17(20(25)26)23-9-11-24(12-10-23)21(27)19-13-15-16(22)5-3-7-18(15)28-19/h3,5,7,13-14,17H,4,6,8-12H2,1-2H3. The minimum atomic E-state index is -0.289. The molecule has 28 heavy (non-hydrogen) atoms. The van der Waals surface area contributed by atoms with Crippen molar-refractivity contribution in [3.8, 4) is 0 Å². The lowest BCUT2D eigenvalue weighted by atomic mass is 10.0. The number of piperazine rings is 1. The van der Waals surface area contributed by atoms with Crippen molar-refractivity contribution in [1.29, 1.82) is 0 Å². The van der Waals surface area contributed by atoms with Gasteiger partial charge in [0, 0.05) is 48.9 Å². The summed E-state index contributed by atoms with van der Waals surface area (Å²) in [5.74, 6) is -0.108. The Hall–Kier alpha value is -1.99. The normalized spacial score (nSPS) is 21.7. The van der Waals surface area contributed by atoms with Crippen molar-refractivity contribution >= 4 is 33.2 Å². The fourth-order valence-corrected chi connectivity index (χ4v) is 5.30. The van der Waals surface area contributed by atoms with E-state index in [2.05, 4.69) is 18.7 Å². The van der Waals surface area contributed by atoms with Crippen molar-refractivity contribution in [3.63, 3.8) is 0 Å². The Morgan fingerprint density at radius 3 is 2.61 bits per heavy atom. The molecular weight excluding hydrogens is 377 g/mol. The second-order valence-corrected chi connectivity index (χ2v) is 8.96. The zero-order valence-electron chi connectivity index (χ0n) is 16.4. The van der Waals surface area contributed by atoms with E-state index in [1.165, 1.54) is 17.4 Å². The maximum atomic E-state index is 13.9. The van der Waals surface area contributed by atoms with Crippen LogP contribution in [0.2, 0.25) is 0 Å². The molecule has 0 spiro atoms. The van der Waals surface area contributed by atoms with E-state index in [4.69, 9.17) is 0 Å². The highest BCUT2D eigenvalue weighted by atomic mass is 32.1. The number of nitrogens with zero attached hydrogens (tertiary/aromatic N) is 3. The molecule has 2 fully saturated rings. The number of likely N-dealkylation sites (tertiary alicyclic amines) is 1. The number of carbonyl (C=O) groups is 2. The van der Waals surface area contributed by atoms with Gasteiger partial charge in [-0.2, -0.15) is 0 Å². The predicted octanol–water partition coefficient (Wildman–Crippen LogP) is 3.20. The van der Waals surface area contributed by atoms with E-state index >= 15 is 0 Å². The third-order valence-corrected chi connectivity index (χ3v) is 6.92. The lowest BCUT2D eigenvalue weighted by molar-refractivity contribution is -0.142. The van der Waals surface area contributed by atoms with Gasteiger partial charge < -0.3 is 9.80 Å². The Morgan fingerprint density at radius 1 is 1.18 bits per heavy atom. The first kappa shape index (κ1) is 19.3. The van der Waals surface area contributed by atoms with E-state index in [-0.39, 0.29) is 29.7 Å². The third-order valence-electron chi connectivity index (χ3n) is 5.83. The number of fused-ring (bicyclic) bond motifs is 1. The largest absolute Gasteiger partial charge is 0.339 e. The molecule has 2 aliphatic heterocycles. The van der Waals surface area contributed by atoms with Gasteiger partial charge in [0.05, 0.1) is 10.9 Å². The average molecular weight is 404 g/mol. The molecule has 0 radical (unpaired) electrons. The van der Waals surface area contributed by atoms with Gasteiger partial charge in [0.2, 0.25) is 5.91 Å². The highest BCUT2D eigenvalue weighted by Gasteiger charge is 2.36. The third kappa shape index (κ3) is 3.53. The molecule has 4 rings (SSSR count). The predicted molar refractivity (Wildman–Crippen MR) is 109 cm³/mol. The summed E-state index contributed by atoms with van der Waals surface area (Å²) in [4.78, 5) is 32.3. The Bertz CT molecular complexity index is 889. The molecule has 2 aromatic rings. The number of piperidine rings is 1. The van der Waals surface area contributed by atoms with Gasteiger partial charge in [0.1, 0.15) is 5.82 Å². The van der Waals surface area contributed by atoms with E-state index in [1.54, 1.807) is 12.1 Å². The topological polar surface area (TPSA) is 43.9 Å². The summed E-state index contributed by atoms with van der Waals surface area (Å²) in [5, 5.41) is 0.510. The van der Waals surface area contributed by atoms with Crippen LogP contribution in [0, 0.1) is 5.82 Å². The van der Waals surface area contributed by atoms with Crippen LogP contribution in [0.1, 0.15) is 36.4 Å². The van der Waals surface area contributed by atoms with E-state index < -0.39 is 0 Å². The lowest BCUT2D eigenvalue weighted by Crippen LogP contribution is -2.59. The molecule has 0 saturated carbocycles. The van der Waals surface area contributed by atoms with Crippen molar-refractivity contribution in [1.82, 2.24) is 14.7 Å². The maximum Gasteiger partial charge on any atom is 0.264 e. The minimum Gasteiger partial charge on any atom is -0.339 e. The Labute approximate surface area is 168 Å². The zero-order chi connectivity index (χ0) is 19.8. The molecule has 5 nitrogen and oxygen atoms in total. The first-order valence-corrected chi connectivity index (χ1v) is 10.8. The summed E-state index contributed by atoms with van der Waals surface area (Å²) >= 11 is 1.34. The van der Waals surface area contributed by atoms with Gasteiger partial charge in [0.25, 0.3) is 5.91 Å². The number of hydrogen-bond donors (Lipinski definition) is 0. The van der Waals surface area contributed by atoms with Gasteiger partial charge in [-0.1, -0.05) is 6.07 Å². The van der Waals surface area contributed by atoms with E-state index in [0.29, 0.717) is 36.4 Å². The highest BCUT2D eigenvalue weighted by molar-refractivity contribution is 7.20. The van der Waals surface area contributed by atoms with Gasteiger partial charge in [-0.15, -0.1) is 11.3 Å². The number of hydrogen-bond acceptors (Lipinski definition) is 4. The zero-order valence-corrected chi connectivity index (χ0v) is 17.2. The van der Waals surface area contributed by atoms with Crippen LogP contribution in [0.3, 0.4) is 0 Å². The molecule has 2 amide bonds. The van der Waals surface area contributed by atoms with Gasteiger partial charge in [0.15, 0.2) is 0 Å². The molecule has 0 N–H and O–H groups in total. The van der Waals surface area contributed by atoms with Crippen LogP contribution in [0.15, 0.2) is 24.3 Å². The van der Waals surface area contributed by atoms with Gasteiger partial charge >= 0.3 is 0 Å². The maximum absolute atomic E-state index is 13.9. The first-order chi connectivity index (χ1) is 13.5. The van der Waals surface area contributed by atoms with Crippen molar-refractivity contribution < 1.29 is 14.0 Å². The summed E-state index contributed by atoms with van der Waals surface area (Å²) in [6, 6.07) is 6.76. The lowest BCUT2D eigenvalue weighted by Gasteiger charge is -2.43. The fraction of sp³-hybridized carbons (Fsp3) is 0.524. The fourth-order valence-electron chi connectivity index (χ4n) is 4.25. The number of halogens is 1. The van der Waals surface area contributed by atoms with E-state index in [0.717, 1.165) is 24.1 Å². The number of rotatable bonds is 3. The summed E-state index contributed by atoms with van der Waals surface area (Å²) in [7, 11) is 0. The number of amides is 2. The van der Waals surface area contributed by atoms with Crippen molar-refractivity contribution in [2.45, 2.75) is 38.8 Å². The number of carbonyl (C=O) groups excluding carboxylic acids is 2. The summed E-state index contributed by atoms with van der Waals surface area (Å²) in [5.41, 5.74) is 0. The van der Waals surface area contributed by atoms with Crippen LogP contribution < -0.4 is 0 Å². The summed E-state index contributed by atoms with van der Waals surface area (Å²) in [6.45, 7) is 7.56. The van der Waals surface area contributed by atoms with Crippen LogP contribution in [0.4, 0.5) is 4.39 Å². The molecule has 2 aliphatic rings. The molecule has 7 heteroatoms. The molecule has 0 aliphatic carbocycles. The first-order valence-electron chi connectivity index (χ1n) is 9.97. The van der Waals surface area contributed by atoms with Gasteiger partial charge in [-0.05, 0) is 44.9 Å². The SMILES string of the molecule is CC(C)N1CCCC(N2CCN(C(=O)c3cc4c(F)cccc4s3)CC2)C1=O. The molecule has 2 saturated heterocycles. The monoisotopic (exact) mass is 403 g/mol. The van der Waals surface area contributed by atoms with Crippen LogP contribution in [0.5, 0.6) is 0 Å². The second-order valence-electron chi connectivity index (χ2n) is 7.87. The van der Waals surface area contributed by atoms with Crippen molar-refractivity contribution in [3.05, 3.63) is 35.0 Å². The molecule has 1 aromatic heterocycles. The molecule has 3 heterocycles. The van der Waals surface area contributed by atoms with Crippen LogP contribution in [-0.4, -0.2) is 71.3 Å². The average Bonchev–Trinajstić information content (AvgIpc) is 3.13. The highest BCUT2D eigenvalue weighted by Crippen LogP contribution is 2.29. The number of thiophene rings is 1. The van der Waals surface area contributed by atoms with Gasteiger partial charge in [-0.25, -0.2) is 4.39 Å². The Balaban J connectivity index is 1.41. The van der Waals surface area contributed by atoms with Crippen LogP contribution in [-0.2, 0) is 4.79 Å². The van der Waals surface area contributed by atoms with Crippen LogP contribution >= 0.6 is 11.3 Å². The Kier molecular flexibility index (Phi) is 5.38.